The summed E-state index contributed by atoms with van der Waals surface area (Å²) in [6, 6.07) is 0. The van der Waals surface area contributed by atoms with Crippen molar-refractivity contribution in [2.24, 2.45) is 0 Å². The monoisotopic (exact) mass is 166 g/mol. The number of hydrogen-bond acceptors (Lipinski definition) is 3. The minimum absolute atomic E-state index is 0.294. The van der Waals surface area contributed by atoms with Gasteiger partial charge in [-0.2, -0.15) is 37.0 Å². The van der Waals surface area contributed by atoms with Gasteiger partial charge in [0.25, 0.3) is 0 Å². The fourth-order valence-corrected chi connectivity index (χ4v) is 2.79. The van der Waals surface area contributed by atoms with Crippen LogP contribution in [0, 0.1) is 0 Å². The fraction of sp³-hybridized carbons (Fsp3) is 1.00. The molecule has 1 unspecified atom stereocenters. The Kier molecular flexibility index (Phi) is 2.93. The van der Waals surface area contributed by atoms with E-state index < -0.39 is 0 Å². The highest BCUT2D eigenvalue weighted by molar-refractivity contribution is 8.04. The molecule has 1 heterocycles. The van der Waals surface area contributed by atoms with Crippen LogP contribution in [0.25, 0.3) is 0 Å². The summed E-state index contributed by atoms with van der Waals surface area (Å²) in [5.41, 5.74) is 0. The highest BCUT2D eigenvalue weighted by Crippen LogP contribution is 2.32. The van der Waals surface area contributed by atoms with Crippen LogP contribution in [0.1, 0.15) is 12.8 Å². The summed E-state index contributed by atoms with van der Waals surface area (Å²) in [5, 5.41) is 0.710. The van der Waals surface area contributed by atoms with Crippen LogP contribution in [0.15, 0.2) is 0 Å². The van der Waals surface area contributed by atoms with Gasteiger partial charge in [0, 0.05) is 5.25 Å². The Balaban J connectivity index is 2.24. The molecule has 0 aromatic rings. The van der Waals surface area contributed by atoms with Gasteiger partial charge in [-0.1, -0.05) is 0 Å². The third-order valence-electron chi connectivity index (χ3n) is 1.30. The molecule has 1 atom stereocenters. The van der Waals surface area contributed by atoms with E-state index in [0.717, 1.165) is 0 Å². The van der Waals surface area contributed by atoms with E-state index in [4.69, 9.17) is 0 Å². The first-order valence-electron chi connectivity index (χ1n) is 2.78. The molecule has 0 spiro atoms. The van der Waals surface area contributed by atoms with Gasteiger partial charge in [-0.3, -0.25) is 0 Å². The van der Waals surface area contributed by atoms with Gasteiger partial charge in [0.05, 0.1) is 4.58 Å². The minimum atomic E-state index is 0.294. The van der Waals surface area contributed by atoms with Crippen molar-refractivity contribution in [3.8, 4) is 0 Å². The third-order valence-corrected chi connectivity index (χ3v) is 3.88. The van der Waals surface area contributed by atoms with E-state index in [-0.39, 0.29) is 0 Å². The van der Waals surface area contributed by atoms with E-state index in [1.165, 1.54) is 18.6 Å². The van der Waals surface area contributed by atoms with Gasteiger partial charge in [-0.05, 0) is 18.6 Å². The maximum absolute atomic E-state index is 4.24. The number of thiol groups is 2. The summed E-state index contributed by atoms with van der Waals surface area (Å²) in [4.78, 5) is 0. The molecular formula is C5H10S3. The molecule has 48 valence electrons. The third kappa shape index (κ3) is 1.78. The summed E-state index contributed by atoms with van der Waals surface area (Å²) in [6.07, 6.45) is 2.66. The smallest absolute Gasteiger partial charge is 0.0560 e. The topological polar surface area (TPSA) is 0 Å². The Morgan fingerprint density at radius 2 is 2.25 bits per heavy atom. The molecule has 1 saturated heterocycles. The van der Waals surface area contributed by atoms with Crippen LogP contribution in [-0.4, -0.2) is 15.6 Å². The van der Waals surface area contributed by atoms with Crippen LogP contribution in [-0.2, 0) is 0 Å². The fourth-order valence-electron chi connectivity index (χ4n) is 0.838. The molecule has 0 nitrogen and oxygen atoms in total. The van der Waals surface area contributed by atoms with Gasteiger partial charge in [0.15, 0.2) is 0 Å². The van der Waals surface area contributed by atoms with Crippen molar-refractivity contribution in [3.05, 3.63) is 0 Å². The molecule has 0 saturated carbocycles. The Morgan fingerprint density at radius 1 is 1.50 bits per heavy atom. The van der Waals surface area contributed by atoms with Crippen LogP contribution in [0.2, 0.25) is 0 Å². The second-order valence-corrected chi connectivity index (χ2v) is 4.83. The van der Waals surface area contributed by atoms with Gasteiger partial charge in [-0.15, -0.1) is 0 Å². The van der Waals surface area contributed by atoms with Gasteiger partial charge < -0.3 is 0 Å². The normalized spacial score (nSPS) is 29.6. The van der Waals surface area contributed by atoms with Crippen LogP contribution in [0.3, 0.4) is 0 Å². The van der Waals surface area contributed by atoms with Crippen molar-refractivity contribution >= 4 is 37.0 Å². The van der Waals surface area contributed by atoms with E-state index in [9.17, 15) is 0 Å². The van der Waals surface area contributed by atoms with Crippen LogP contribution >= 0.6 is 37.0 Å². The Labute approximate surface area is 65.6 Å². The van der Waals surface area contributed by atoms with Crippen LogP contribution in [0.4, 0.5) is 0 Å². The first-order chi connectivity index (χ1) is 3.80. The van der Waals surface area contributed by atoms with Gasteiger partial charge in [0.1, 0.15) is 0 Å². The summed E-state index contributed by atoms with van der Waals surface area (Å²) in [6.45, 7) is 0. The lowest BCUT2D eigenvalue weighted by molar-refractivity contribution is 0.832. The zero-order valence-electron chi connectivity index (χ0n) is 4.58. The number of hydrogen-bond donors (Lipinski definition) is 2. The summed E-state index contributed by atoms with van der Waals surface area (Å²) in [5.74, 6) is 1.31. The standard InChI is InChI=1S/C5H10S3/c6-5(7)4-2-1-3-8-4/h4-7H,1-3H2. The Bertz CT molecular complexity index is 66.1. The van der Waals surface area contributed by atoms with E-state index in [1.807, 2.05) is 11.8 Å². The summed E-state index contributed by atoms with van der Waals surface area (Å²) in [7, 11) is 0. The lowest BCUT2D eigenvalue weighted by Crippen LogP contribution is -2.06. The zero-order valence-corrected chi connectivity index (χ0v) is 7.18. The van der Waals surface area contributed by atoms with E-state index >= 15 is 0 Å². The lowest BCUT2D eigenvalue weighted by Gasteiger charge is -2.09. The first kappa shape index (κ1) is 7.16. The van der Waals surface area contributed by atoms with E-state index in [2.05, 4.69) is 25.3 Å². The summed E-state index contributed by atoms with van der Waals surface area (Å²) < 4.78 is 0.294. The Hall–Kier alpha value is 1.05. The molecule has 0 bridgehead atoms. The van der Waals surface area contributed by atoms with Crippen LogP contribution in [0.5, 0.6) is 0 Å². The molecular weight excluding hydrogens is 156 g/mol. The van der Waals surface area contributed by atoms with E-state index in [1.54, 1.807) is 0 Å². The molecule has 3 heteroatoms. The maximum Gasteiger partial charge on any atom is 0.0560 e. The number of thioether (sulfide) groups is 1. The predicted octanol–water partition coefficient (Wildman–Crippen LogP) is 2.07. The molecule has 0 N–H and O–H groups in total. The second-order valence-electron chi connectivity index (χ2n) is 1.97. The van der Waals surface area contributed by atoms with Crippen molar-refractivity contribution in [2.45, 2.75) is 22.7 Å². The lowest BCUT2D eigenvalue weighted by atomic mass is 10.3. The SMILES string of the molecule is SC(S)C1CCCS1. The molecule has 0 aromatic carbocycles. The molecule has 1 fully saturated rings. The van der Waals surface area contributed by atoms with E-state index in [0.29, 0.717) is 9.83 Å². The quantitative estimate of drug-likeness (QED) is 0.444. The summed E-state index contributed by atoms with van der Waals surface area (Å²) >= 11 is 10.5. The van der Waals surface area contributed by atoms with Crippen molar-refractivity contribution < 1.29 is 0 Å². The van der Waals surface area contributed by atoms with Gasteiger partial charge >= 0.3 is 0 Å². The average Bonchev–Trinajstić information content (AvgIpc) is 2.12. The zero-order chi connectivity index (χ0) is 5.98. The van der Waals surface area contributed by atoms with Crippen molar-refractivity contribution in [2.75, 3.05) is 5.75 Å². The van der Waals surface area contributed by atoms with Gasteiger partial charge in [0.2, 0.25) is 0 Å². The van der Waals surface area contributed by atoms with Crippen LogP contribution < -0.4 is 0 Å². The molecule has 8 heavy (non-hydrogen) atoms. The largest absolute Gasteiger partial charge is 0.164 e. The first-order valence-corrected chi connectivity index (χ1v) is 4.86. The average molecular weight is 166 g/mol. The Morgan fingerprint density at radius 3 is 2.50 bits per heavy atom. The number of rotatable bonds is 1. The predicted molar refractivity (Wildman–Crippen MR) is 47.2 cm³/mol. The molecule has 1 aliphatic heterocycles. The second kappa shape index (κ2) is 3.28. The minimum Gasteiger partial charge on any atom is -0.164 e. The maximum atomic E-state index is 4.24. The molecule has 0 aliphatic carbocycles. The molecule has 1 rings (SSSR count). The highest BCUT2D eigenvalue weighted by atomic mass is 32.2. The molecule has 0 amide bonds. The molecule has 0 aromatic heterocycles. The van der Waals surface area contributed by atoms with Crippen molar-refractivity contribution in [3.63, 3.8) is 0 Å². The van der Waals surface area contributed by atoms with Crippen molar-refractivity contribution in [1.82, 2.24) is 0 Å². The highest BCUT2D eigenvalue weighted by Gasteiger charge is 2.19. The molecule has 0 radical (unpaired) electrons. The van der Waals surface area contributed by atoms with Gasteiger partial charge in [-0.25, -0.2) is 0 Å². The van der Waals surface area contributed by atoms with Crippen molar-refractivity contribution in [1.29, 1.82) is 0 Å². The molecule has 1 aliphatic rings.